The highest BCUT2D eigenvalue weighted by Gasteiger charge is 2.16. The summed E-state index contributed by atoms with van der Waals surface area (Å²) in [5.74, 6) is -1.33. The van der Waals surface area contributed by atoms with Crippen molar-refractivity contribution in [2.24, 2.45) is 0 Å². The van der Waals surface area contributed by atoms with E-state index in [4.69, 9.17) is 9.47 Å². The fraction of sp³-hybridized carbons (Fsp3) is 0.333. The number of hydrogen-bond donors (Lipinski definition) is 2. The Labute approximate surface area is 163 Å². The molecular weight excluding hydrogens is 365 g/mol. The molecule has 0 fully saturated rings. The van der Waals surface area contributed by atoms with Gasteiger partial charge in [0.15, 0.2) is 0 Å². The van der Waals surface area contributed by atoms with Crippen LogP contribution in [0.3, 0.4) is 0 Å². The van der Waals surface area contributed by atoms with Crippen molar-refractivity contribution in [2.45, 2.75) is 33.3 Å². The van der Waals surface area contributed by atoms with Gasteiger partial charge in [-0.1, -0.05) is 12.1 Å². The Morgan fingerprint density at radius 3 is 2.46 bits per heavy atom. The lowest BCUT2D eigenvalue weighted by atomic mass is 10.0. The lowest BCUT2D eigenvalue weighted by Crippen LogP contribution is -2.34. The van der Waals surface area contributed by atoms with Crippen molar-refractivity contribution in [3.63, 3.8) is 0 Å². The first-order chi connectivity index (χ1) is 13.0. The minimum Gasteiger partial charge on any atom is -0.492 e. The zero-order valence-corrected chi connectivity index (χ0v) is 16.3. The summed E-state index contributed by atoms with van der Waals surface area (Å²) in [4.78, 5) is 23.0. The van der Waals surface area contributed by atoms with E-state index < -0.39 is 23.5 Å². The number of carbonyl (C=O) groups is 2. The first-order valence-corrected chi connectivity index (χ1v) is 8.80. The van der Waals surface area contributed by atoms with E-state index in [-0.39, 0.29) is 30.0 Å². The van der Waals surface area contributed by atoms with Crippen molar-refractivity contribution in [3.8, 4) is 16.9 Å². The molecule has 150 valence electrons. The standard InChI is InChI=1S/C21H24FNO5/c1-13-5-6-17(18(22)9-13)14-10-15(19(24)25)12-16(11-14)27-8-7-23-20(26)28-21(2,3)4/h5-6,9-12H,7-8H2,1-4H3,(H,23,26)(H,24,25). The predicted octanol–water partition coefficient (Wildman–Crippen LogP) is 4.40. The summed E-state index contributed by atoms with van der Waals surface area (Å²) in [5.41, 5.74) is 0.819. The molecule has 0 radical (unpaired) electrons. The highest BCUT2D eigenvalue weighted by atomic mass is 19.1. The number of aromatic carboxylic acids is 1. The van der Waals surface area contributed by atoms with Crippen molar-refractivity contribution in [1.29, 1.82) is 0 Å². The van der Waals surface area contributed by atoms with Crippen LogP contribution in [0, 0.1) is 12.7 Å². The van der Waals surface area contributed by atoms with Gasteiger partial charge in [0.05, 0.1) is 12.1 Å². The molecule has 0 unspecified atom stereocenters. The zero-order chi connectivity index (χ0) is 20.9. The van der Waals surface area contributed by atoms with Crippen LogP contribution in [0.1, 0.15) is 36.7 Å². The first kappa shape index (κ1) is 21.2. The predicted molar refractivity (Wildman–Crippen MR) is 103 cm³/mol. The van der Waals surface area contributed by atoms with Gasteiger partial charge < -0.3 is 19.9 Å². The van der Waals surface area contributed by atoms with Gasteiger partial charge in [-0.2, -0.15) is 0 Å². The molecule has 28 heavy (non-hydrogen) atoms. The number of halogens is 1. The Morgan fingerprint density at radius 1 is 1.14 bits per heavy atom. The third-order valence-corrected chi connectivity index (χ3v) is 3.63. The van der Waals surface area contributed by atoms with Gasteiger partial charge in [-0.15, -0.1) is 0 Å². The summed E-state index contributed by atoms with van der Waals surface area (Å²) in [7, 11) is 0. The molecule has 0 saturated heterocycles. The maximum Gasteiger partial charge on any atom is 0.407 e. The van der Waals surface area contributed by atoms with E-state index in [1.807, 2.05) is 0 Å². The van der Waals surface area contributed by atoms with E-state index in [1.54, 1.807) is 45.9 Å². The van der Waals surface area contributed by atoms with E-state index >= 15 is 0 Å². The molecule has 0 aliphatic carbocycles. The first-order valence-electron chi connectivity index (χ1n) is 8.80. The molecule has 0 atom stereocenters. The van der Waals surface area contributed by atoms with Gasteiger partial charge in [0.1, 0.15) is 23.8 Å². The number of carboxylic acid groups (broad SMARTS) is 1. The van der Waals surface area contributed by atoms with Gasteiger partial charge in [0.25, 0.3) is 0 Å². The second-order valence-electron chi connectivity index (χ2n) is 7.31. The number of aryl methyl sites for hydroxylation is 1. The normalized spacial score (nSPS) is 11.0. The minimum absolute atomic E-state index is 0.0208. The van der Waals surface area contributed by atoms with Crippen molar-refractivity contribution >= 4 is 12.1 Å². The van der Waals surface area contributed by atoms with E-state index in [2.05, 4.69) is 5.32 Å². The van der Waals surface area contributed by atoms with Crippen molar-refractivity contribution in [2.75, 3.05) is 13.2 Å². The molecule has 0 aliphatic heterocycles. The summed E-state index contributed by atoms with van der Waals surface area (Å²) >= 11 is 0. The molecular formula is C21H24FNO5. The summed E-state index contributed by atoms with van der Waals surface area (Å²) in [6.07, 6.45) is -0.571. The van der Waals surface area contributed by atoms with Gasteiger partial charge in [0, 0.05) is 5.56 Å². The molecule has 2 aromatic carbocycles. The molecule has 7 heteroatoms. The van der Waals surface area contributed by atoms with Crippen LogP contribution in [0.2, 0.25) is 0 Å². The van der Waals surface area contributed by atoms with Gasteiger partial charge >= 0.3 is 12.1 Å². The van der Waals surface area contributed by atoms with E-state index in [1.165, 1.54) is 18.2 Å². The van der Waals surface area contributed by atoms with Crippen molar-refractivity contribution < 1.29 is 28.6 Å². The van der Waals surface area contributed by atoms with E-state index in [0.717, 1.165) is 5.56 Å². The number of alkyl carbamates (subject to hydrolysis) is 1. The molecule has 1 amide bonds. The number of benzene rings is 2. The quantitative estimate of drug-likeness (QED) is 0.715. The van der Waals surface area contributed by atoms with Crippen LogP contribution in [0.5, 0.6) is 5.75 Å². The van der Waals surface area contributed by atoms with Crippen LogP contribution in [-0.2, 0) is 4.74 Å². The molecule has 2 rings (SSSR count). The molecule has 0 aliphatic rings. The number of nitrogens with one attached hydrogen (secondary N) is 1. The largest absolute Gasteiger partial charge is 0.492 e. The monoisotopic (exact) mass is 389 g/mol. The Bertz CT molecular complexity index is 874. The molecule has 0 heterocycles. The number of rotatable bonds is 6. The molecule has 0 aromatic heterocycles. The summed E-state index contributed by atoms with van der Waals surface area (Å²) in [6, 6.07) is 9.03. The van der Waals surface area contributed by atoms with Crippen LogP contribution in [0.25, 0.3) is 11.1 Å². The van der Waals surface area contributed by atoms with Crippen LogP contribution < -0.4 is 10.1 Å². The SMILES string of the molecule is Cc1ccc(-c2cc(OCCNC(=O)OC(C)(C)C)cc(C(=O)O)c2)c(F)c1. The number of carboxylic acids is 1. The minimum atomic E-state index is -1.15. The Kier molecular flexibility index (Phi) is 6.62. The molecule has 6 nitrogen and oxygen atoms in total. The zero-order valence-electron chi connectivity index (χ0n) is 16.3. The number of hydrogen-bond acceptors (Lipinski definition) is 4. The Hall–Kier alpha value is -3.09. The molecule has 0 bridgehead atoms. The highest BCUT2D eigenvalue weighted by molar-refractivity contribution is 5.90. The van der Waals surface area contributed by atoms with Gasteiger partial charge in [-0.3, -0.25) is 0 Å². The molecule has 0 saturated carbocycles. The average molecular weight is 389 g/mol. The lowest BCUT2D eigenvalue weighted by Gasteiger charge is -2.19. The fourth-order valence-electron chi connectivity index (χ4n) is 2.45. The maximum atomic E-state index is 14.3. The maximum absolute atomic E-state index is 14.3. The number of carbonyl (C=O) groups excluding carboxylic acids is 1. The second-order valence-corrected chi connectivity index (χ2v) is 7.31. The lowest BCUT2D eigenvalue weighted by molar-refractivity contribution is 0.0520. The van der Waals surface area contributed by atoms with Crippen LogP contribution >= 0.6 is 0 Å². The van der Waals surface area contributed by atoms with Crippen molar-refractivity contribution in [1.82, 2.24) is 5.32 Å². The van der Waals surface area contributed by atoms with Crippen LogP contribution in [-0.4, -0.2) is 35.9 Å². The van der Waals surface area contributed by atoms with Crippen LogP contribution in [0.15, 0.2) is 36.4 Å². The highest BCUT2D eigenvalue weighted by Crippen LogP contribution is 2.29. The topological polar surface area (TPSA) is 84.9 Å². The van der Waals surface area contributed by atoms with Gasteiger partial charge in [-0.05, 0) is 63.1 Å². The van der Waals surface area contributed by atoms with Crippen LogP contribution in [0.4, 0.5) is 9.18 Å². The van der Waals surface area contributed by atoms with E-state index in [0.29, 0.717) is 5.56 Å². The third kappa shape index (κ3) is 6.26. The van der Waals surface area contributed by atoms with Gasteiger partial charge in [0.2, 0.25) is 0 Å². The number of amides is 1. The smallest absolute Gasteiger partial charge is 0.407 e. The molecule has 2 aromatic rings. The third-order valence-electron chi connectivity index (χ3n) is 3.63. The fourth-order valence-corrected chi connectivity index (χ4v) is 2.45. The van der Waals surface area contributed by atoms with Crippen molar-refractivity contribution in [3.05, 3.63) is 53.3 Å². The average Bonchev–Trinajstić information content (AvgIpc) is 2.57. The summed E-state index contributed by atoms with van der Waals surface area (Å²) in [5, 5.41) is 11.9. The summed E-state index contributed by atoms with van der Waals surface area (Å²) < 4.78 is 24.9. The molecule has 2 N–H and O–H groups in total. The Morgan fingerprint density at radius 2 is 1.86 bits per heavy atom. The Balaban J connectivity index is 2.11. The van der Waals surface area contributed by atoms with Gasteiger partial charge in [-0.25, -0.2) is 14.0 Å². The molecule has 0 spiro atoms. The van der Waals surface area contributed by atoms with E-state index in [9.17, 15) is 19.1 Å². The number of ether oxygens (including phenoxy) is 2. The second kappa shape index (κ2) is 8.73. The summed E-state index contributed by atoms with van der Waals surface area (Å²) in [6.45, 7) is 7.30.